The SMILES string of the molecule is CC(C)OP(=O)(C[C@H](OC(=O)CCl)c1cccs1)OC(C)C. The van der Waals surface area contributed by atoms with Crippen LogP contribution < -0.4 is 0 Å². The van der Waals surface area contributed by atoms with Gasteiger partial charge in [-0.1, -0.05) is 6.07 Å². The Morgan fingerprint density at radius 2 is 1.86 bits per heavy atom. The number of carbonyl (C=O) groups is 1. The molecule has 0 amide bonds. The van der Waals surface area contributed by atoms with Gasteiger partial charge in [-0.25, -0.2) is 0 Å². The second-order valence-corrected chi connectivity index (χ2v) is 8.48. The minimum Gasteiger partial charge on any atom is -0.455 e. The summed E-state index contributed by atoms with van der Waals surface area (Å²) < 4.78 is 29.3. The Morgan fingerprint density at radius 1 is 1.27 bits per heavy atom. The highest BCUT2D eigenvalue weighted by molar-refractivity contribution is 7.53. The molecule has 0 bridgehead atoms. The summed E-state index contributed by atoms with van der Waals surface area (Å²) in [6, 6.07) is 3.64. The minimum absolute atomic E-state index is 0.0352. The maximum atomic E-state index is 12.9. The van der Waals surface area contributed by atoms with Gasteiger partial charge in [-0.15, -0.1) is 22.9 Å². The molecule has 0 aliphatic rings. The molecule has 0 radical (unpaired) electrons. The maximum absolute atomic E-state index is 12.9. The van der Waals surface area contributed by atoms with Crippen molar-refractivity contribution in [2.24, 2.45) is 0 Å². The standard InChI is InChI=1S/C14H22ClO5PS/c1-10(2)19-21(17,20-11(3)4)9-12(18-14(16)8-15)13-6-5-7-22-13/h5-7,10-12H,8-9H2,1-4H3/t12-/m0/s1. The minimum atomic E-state index is -3.41. The van der Waals surface area contributed by atoms with Gasteiger partial charge in [0.15, 0.2) is 0 Å². The molecule has 0 saturated heterocycles. The van der Waals surface area contributed by atoms with Crippen LogP contribution in [0.25, 0.3) is 0 Å². The molecule has 0 saturated carbocycles. The molecule has 0 spiro atoms. The van der Waals surface area contributed by atoms with Crippen molar-refractivity contribution in [2.75, 3.05) is 12.0 Å². The summed E-state index contributed by atoms with van der Waals surface area (Å²) >= 11 is 6.90. The molecular weight excluding hydrogens is 347 g/mol. The summed E-state index contributed by atoms with van der Waals surface area (Å²) in [5, 5.41) is 1.86. The number of ether oxygens (including phenoxy) is 1. The molecule has 1 rings (SSSR count). The van der Waals surface area contributed by atoms with Crippen LogP contribution in [0.1, 0.15) is 38.7 Å². The lowest BCUT2D eigenvalue weighted by Gasteiger charge is -2.26. The third-order valence-electron chi connectivity index (χ3n) is 2.38. The lowest BCUT2D eigenvalue weighted by atomic mass is 10.3. The quantitative estimate of drug-likeness (QED) is 0.361. The number of halogens is 1. The van der Waals surface area contributed by atoms with Gasteiger partial charge in [0.1, 0.15) is 12.0 Å². The molecule has 0 aliphatic heterocycles. The van der Waals surface area contributed by atoms with Gasteiger partial charge < -0.3 is 13.8 Å². The fraction of sp³-hybridized carbons (Fsp3) is 0.643. The van der Waals surface area contributed by atoms with Crippen LogP contribution in [0.2, 0.25) is 0 Å². The third-order valence-corrected chi connectivity index (χ3v) is 5.82. The summed E-state index contributed by atoms with van der Waals surface area (Å²) in [5.41, 5.74) is 0. The van der Waals surface area contributed by atoms with Crippen LogP contribution in [0.3, 0.4) is 0 Å². The van der Waals surface area contributed by atoms with Crippen molar-refractivity contribution in [2.45, 2.75) is 46.0 Å². The van der Waals surface area contributed by atoms with Crippen molar-refractivity contribution < 1.29 is 23.1 Å². The highest BCUT2D eigenvalue weighted by Gasteiger charge is 2.34. The zero-order valence-electron chi connectivity index (χ0n) is 13.2. The molecule has 1 aromatic heterocycles. The van der Waals surface area contributed by atoms with E-state index in [1.54, 1.807) is 27.7 Å². The molecule has 126 valence electrons. The maximum Gasteiger partial charge on any atom is 0.335 e. The zero-order chi connectivity index (χ0) is 16.8. The number of hydrogen-bond acceptors (Lipinski definition) is 6. The van der Waals surface area contributed by atoms with Crippen molar-refractivity contribution in [3.63, 3.8) is 0 Å². The predicted octanol–water partition coefficient (Wildman–Crippen LogP) is 4.61. The van der Waals surface area contributed by atoms with Crippen LogP contribution in [0.15, 0.2) is 17.5 Å². The van der Waals surface area contributed by atoms with E-state index in [0.29, 0.717) is 0 Å². The molecule has 8 heteroatoms. The summed E-state index contributed by atoms with van der Waals surface area (Å²) in [6.45, 7) is 7.12. The van der Waals surface area contributed by atoms with Gasteiger partial charge in [-0.05, 0) is 39.1 Å². The summed E-state index contributed by atoms with van der Waals surface area (Å²) in [4.78, 5) is 12.3. The van der Waals surface area contributed by atoms with Crippen LogP contribution in [0.5, 0.6) is 0 Å². The lowest BCUT2D eigenvalue weighted by molar-refractivity contribution is -0.145. The Morgan fingerprint density at radius 3 is 2.27 bits per heavy atom. The first-order valence-electron chi connectivity index (χ1n) is 7.00. The van der Waals surface area contributed by atoms with E-state index in [1.807, 2.05) is 17.5 Å². The normalized spacial score (nSPS) is 13.6. The number of alkyl halides is 1. The first-order chi connectivity index (χ1) is 10.3. The highest BCUT2D eigenvalue weighted by Crippen LogP contribution is 2.53. The van der Waals surface area contributed by atoms with E-state index in [0.717, 1.165) is 4.88 Å². The van der Waals surface area contributed by atoms with E-state index >= 15 is 0 Å². The molecule has 5 nitrogen and oxygen atoms in total. The van der Waals surface area contributed by atoms with Crippen LogP contribution in [-0.4, -0.2) is 30.2 Å². The van der Waals surface area contributed by atoms with E-state index in [2.05, 4.69) is 0 Å². The number of hydrogen-bond donors (Lipinski definition) is 0. The number of thiophene rings is 1. The van der Waals surface area contributed by atoms with Gasteiger partial charge in [0, 0.05) is 4.88 Å². The molecule has 1 aromatic rings. The van der Waals surface area contributed by atoms with Gasteiger partial charge in [0.05, 0.1) is 18.4 Å². The Kier molecular flexibility index (Phi) is 8.08. The van der Waals surface area contributed by atoms with Gasteiger partial charge in [-0.3, -0.25) is 9.36 Å². The van der Waals surface area contributed by atoms with Gasteiger partial charge in [-0.2, -0.15) is 0 Å². The van der Waals surface area contributed by atoms with Crippen molar-refractivity contribution in [3.05, 3.63) is 22.4 Å². The molecule has 0 fully saturated rings. The van der Waals surface area contributed by atoms with Gasteiger partial charge >= 0.3 is 13.6 Å². The van der Waals surface area contributed by atoms with Crippen LogP contribution >= 0.6 is 30.5 Å². The van der Waals surface area contributed by atoms with E-state index in [4.69, 9.17) is 25.4 Å². The Balaban J connectivity index is 2.96. The molecule has 0 N–H and O–H groups in total. The zero-order valence-corrected chi connectivity index (χ0v) is 15.6. The lowest BCUT2D eigenvalue weighted by Crippen LogP contribution is -2.19. The monoisotopic (exact) mass is 368 g/mol. The molecule has 0 aromatic carbocycles. The van der Waals surface area contributed by atoms with Crippen LogP contribution in [-0.2, 0) is 23.1 Å². The van der Waals surface area contributed by atoms with E-state index in [1.165, 1.54) is 11.3 Å². The first kappa shape index (κ1) is 19.7. The molecule has 0 aliphatic carbocycles. The Hall–Kier alpha value is -0.390. The fourth-order valence-electron chi connectivity index (χ4n) is 1.81. The second-order valence-electron chi connectivity index (χ2n) is 5.23. The second kappa shape index (κ2) is 9.04. The topological polar surface area (TPSA) is 61.8 Å². The Bertz CT molecular complexity index is 489. The first-order valence-corrected chi connectivity index (χ1v) is 10.1. The Labute approximate surface area is 140 Å². The van der Waals surface area contributed by atoms with Gasteiger partial charge in [0.25, 0.3) is 0 Å². The van der Waals surface area contributed by atoms with Crippen LogP contribution in [0, 0.1) is 0 Å². The van der Waals surface area contributed by atoms with E-state index in [-0.39, 0.29) is 24.2 Å². The van der Waals surface area contributed by atoms with E-state index < -0.39 is 19.7 Å². The average Bonchev–Trinajstić information content (AvgIpc) is 2.89. The highest BCUT2D eigenvalue weighted by atomic mass is 35.5. The number of esters is 1. The summed E-state index contributed by atoms with van der Waals surface area (Å²) in [7, 11) is -3.41. The predicted molar refractivity (Wildman–Crippen MR) is 88.8 cm³/mol. The molecule has 0 unspecified atom stereocenters. The number of rotatable bonds is 9. The smallest absolute Gasteiger partial charge is 0.335 e. The van der Waals surface area contributed by atoms with Crippen LogP contribution in [0.4, 0.5) is 0 Å². The van der Waals surface area contributed by atoms with Crippen molar-refractivity contribution in [3.8, 4) is 0 Å². The molecule has 22 heavy (non-hydrogen) atoms. The summed E-state index contributed by atoms with van der Waals surface area (Å²) in [6.07, 6.45) is -1.27. The van der Waals surface area contributed by atoms with Crippen molar-refractivity contribution in [1.29, 1.82) is 0 Å². The largest absolute Gasteiger partial charge is 0.455 e. The average molecular weight is 369 g/mol. The molecule has 1 heterocycles. The van der Waals surface area contributed by atoms with Gasteiger partial charge in [0.2, 0.25) is 0 Å². The van der Waals surface area contributed by atoms with Crippen molar-refractivity contribution in [1.82, 2.24) is 0 Å². The molecule has 1 atom stereocenters. The summed E-state index contributed by atoms with van der Waals surface area (Å²) in [5.74, 6) is -0.830. The van der Waals surface area contributed by atoms with Crippen molar-refractivity contribution >= 4 is 36.5 Å². The third kappa shape index (κ3) is 6.80. The number of carbonyl (C=O) groups excluding carboxylic acids is 1. The van der Waals surface area contributed by atoms with E-state index in [9.17, 15) is 9.36 Å². The fourth-order valence-corrected chi connectivity index (χ4v) is 4.93. The molecular formula is C14H22ClO5PS.